The van der Waals surface area contributed by atoms with E-state index in [9.17, 15) is 43.2 Å². The summed E-state index contributed by atoms with van der Waals surface area (Å²) in [5.41, 5.74) is -0.522. The number of rotatable bonds is 8. The number of amides is 6. The summed E-state index contributed by atoms with van der Waals surface area (Å²) < 4.78 is 34.7. The zero-order valence-corrected chi connectivity index (χ0v) is 47.9. The smallest absolute Gasteiger partial charge is 0.330 e. The highest BCUT2D eigenvalue weighted by Crippen LogP contribution is 2.33. The first-order valence-electron chi connectivity index (χ1n) is 26.7. The van der Waals surface area contributed by atoms with Gasteiger partial charge in [-0.15, -0.1) is 0 Å². The number of methoxy groups -OCH3 is 2. The number of cyclic esters (lactones) is 2. The number of benzene rings is 3. The molecule has 2 N–H and O–H groups in total. The Kier molecular flexibility index (Phi) is 22.8. The molecular formula is C59H78N6O15. The molecule has 0 aromatic heterocycles. The van der Waals surface area contributed by atoms with Crippen molar-refractivity contribution in [3.05, 3.63) is 102 Å². The maximum Gasteiger partial charge on any atom is 0.330 e. The number of ketones is 1. The molecule has 0 saturated carbocycles. The van der Waals surface area contributed by atoms with E-state index in [0.717, 1.165) is 16.5 Å². The number of hydrogen-bond acceptors (Lipinski definition) is 15. The van der Waals surface area contributed by atoms with Crippen molar-refractivity contribution in [2.24, 2.45) is 5.41 Å². The summed E-state index contributed by atoms with van der Waals surface area (Å²) >= 11 is 0. The number of nitrogens with one attached hydrogen (secondary N) is 2. The minimum atomic E-state index is -1.49. The van der Waals surface area contributed by atoms with Crippen molar-refractivity contribution in [2.45, 2.75) is 116 Å². The van der Waals surface area contributed by atoms with Gasteiger partial charge in [-0.25, -0.2) is 9.59 Å². The first kappa shape index (κ1) is 63.0. The number of Topliss-reactive ketones (excluding diaryl/α,β-unsaturated/α-hetero) is 1. The van der Waals surface area contributed by atoms with E-state index >= 15 is 0 Å². The Bertz CT molecular complexity index is 2720. The lowest BCUT2D eigenvalue weighted by atomic mass is 9.87. The van der Waals surface area contributed by atoms with Gasteiger partial charge in [0, 0.05) is 40.3 Å². The Morgan fingerprint density at radius 2 is 1.46 bits per heavy atom. The Morgan fingerprint density at radius 3 is 2.15 bits per heavy atom. The number of piperidine rings is 1. The van der Waals surface area contributed by atoms with Crippen LogP contribution in [0.3, 0.4) is 0 Å². The van der Waals surface area contributed by atoms with Crippen LogP contribution in [0.2, 0.25) is 0 Å². The minimum absolute atomic E-state index is 0.102. The molecule has 1 saturated heterocycles. The van der Waals surface area contributed by atoms with Gasteiger partial charge in [-0.1, -0.05) is 54.6 Å². The summed E-state index contributed by atoms with van der Waals surface area (Å²) in [6.45, 7) is 8.26. The summed E-state index contributed by atoms with van der Waals surface area (Å²) in [6.07, 6.45) is 3.82. The lowest BCUT2D eigenvalue weighted by Gasteiger charge is -2.36. The molecular weight excluding hydrogens is 1030 g/mol. The van der Waals surface area contributed by atoms with Crippen molar-refractivity contribution in [1.29, 1.82) is 0 Å². The van der Waals surface area contributed by atoms with Crippen LogP contribution >= 0.6 is 0 Å². The molecule has 21 nitrogen and oxygen atoms in total. The second kappa shape index (κ2) is 28.9. The van der Waals surface area contributed by atoms with Crippen LogP contribution in [0, 0.1) is 5.41 Å². The van der Waals surface area contributed by atoms with E-state index in [2.05, 4.69) is 10.6 Å². The lowest BCUT2D eigenvalue weighted by molar-refractivity contribution is -0.165. The number of carbonyl (C=O) groups excluding carboxylic acids is 9. The van der Waals surface area contributed by atoms with Gasteiger partial charge in [0.05, 0.1) is 38.4 Å². The zero-order chi connectivity index (χ0) is 58.9. The first-order valence-corrected chi connectivity index (χ1v) is 26.7. The van der Waals surface area contributed by atoms with E-state index in [4.69, 9.17) is 28.4 Å². The van der Waals surface area contributed by atoms with Crippen molar-refractivity contribution >= 4 is 53.2 Å². The number of ether oxygens (including phenoxy) is 6. The van der Waals surface area contributed by atoms with E-state index in [1.54, 1.807) is 81.4 Å². The van der Waals surface area contributed by atoms with Gasteiger partial charge in [0.25, 0.3) is 11.8 Å². The molecule has 2 heterocycles. The quantitative estimate of drug-likeness (QED) is 0.229. The predicted octanol–water partition coefficient (Wildman–Crippen LogP) is 4.70. The van der Waals surface area contributed by atoms with E-state index < -0.39 is 114 Å². The molecule has 1 fully saturated rings. The highest BCUT2D eigenvalue weighted by atomic mass is 16.5. The monoisotopic (exact) mass is 1110 g/mol. The van der Waals surface area contributed by atoms with Crippen LogP contribution in [0.15, 0.2) is 84.9 Å². The largest absolute Gasteiger partial charge is 0.493 e. The van der Waals surface area contributed by atoms with Crippen molar-refractivity contribution < 1.29 is 71.6 Å². The first-order chi connectivity index (χ1) is 37.8. The molecule has 2 bridgehead atoms. The molecule has 0 radical (unpaired) electrons. The van der Waals surface area contributed by atoms with Crippen LogP contribution in [0.25, 0.3) is 0 Å². The van der Waals surface area contributed by atoms with Gasteiger partial charge in [-0.05, 0) is 121 Å². The number of esters is 2. The summed E-state index contributed by atoms with van der Waals surface area (Å²) in [5.74, 6) is -5.26. The number of carbonyl (C=O) groups is 9. The second-order valence-electron chi connectivity index (χ2n) is 21.5. The van der Waals surface area contributed by atoms with Crippen molar-refractivity contribution in [2.75, 3.05) is 74.8 Å². The van der Waals surface area contributed by atoms with Crippen molar-refractivity contribution in [3.8, 4) is 17.2 Å². The lowest BCUT2D eigenvalue weighted by Crippen LogP contribution is -2.56. The fourth-order valence-electron chi connectivity index (χ4n) is 8.73. The van der Waals surface area contributed by atoms with Crippen molar-refractivity contribution in [1.82, 2.24) is 30.2 Å². The standard InChI is InChI=1S/C59H78N6O15/c1-38-53(70)61-51(40-20-13-12-14-21-40)55(72)64(9)44(35-79-58(2,3)4)54(71)60-34-48(66)62(7)30-17-16-25-50(68)78-37-59(5,6)52(69)56(73)65-31-18-15-24-43(65)57(74)80-45(28-26-39-27-29-46(75-10)47(32-39)76-11)41-22-19-23-42(33-41)77-36-49(67)63(38)8/h12-14,16,19-23,25,27,29,32-33,38,43-45,51H,15,17-18,24,26,28,30-31,34-37H2,1-11H3,(H,60,71)(H,61,70)/b25-16-/t38-,43-,44-,45+,51?/m0/s1. The average Bonchev–Trinajstić information content (AvgIpc) is 3.50. The molecule has 2 aliphatic heterocycles. The van der Waals surface area contributed by atoms with Crippen LogP contribution < -0.4 is 24.8 Å². The molecule has 2 aliphatic rings. The number of nitrogens with zero attached hydrogens (tertiary/aromatic N) is 4. The molecule has 1 unspecified atom stereocenters. The Hall–Kier alpha value is -7.81. The number of aryl methyl sites for hydroxylation is 1. The molecule has 3 aromatic carbocycles. The summed E-state index contributed by atoms with van der Waals surface area (Å²) in [4.78, 5) is 130. The molecule has 5 rings (SSSR count). The van der Waals surface area contributed by atoms with Crippen LogP contribution in [-0.2, 0) is 63.8 Å². The zero-order valence-electron chi connectivity index (χ0n) is 47.9. The van der Waals surface area contributed by atoms with E-state index in [1.807, 2.05) is 12.1 Å². The highest BCUT2D eigenvalue weighted by molar-refractivity contribution is 6.38. The Balaban J connectivity index is 1.47. The summed E-state index contributed by atoms with van der Waals surface area (Å²) in [5, 5.41) is 5.39. The highest BCUT2D eigenvalue weighted by Gasteiger charge is 2.43. The average molecular weight is 1110 g/mol. The maximum atomic E-state index is 14.6. The number of likely N-dealkylation sites (N-methyl/N-ethyl adjacent to an activating group) is 3. The third-order valence-electron chi connectivity index (χ3n) is 14.0. The summed E-state index contributed by atoms with van der Waals surface area (Å²) in [6, 6.07) is 15.6. The fourth-order valence-corrected chi connectivity index (χ4v) is 8.73. The van der Waals surface area contributed by atoms with Gasteiger partial charge >= 0.3 is 11.9 Å². The van der Waals surface area contributed by atoms with Gasteiger partial charge in [0.1, 0.15) is 42.6 Å². The van der Waals surface area contributed by atoms with Gasteiger partial charge in [-0.2, -0.15) is 0 Å². The molecule has 0 aliphatic carbocycles. The van der Waals surface area contributed by atoms with E-state index in [-0.39, 0.29) is 44.7 Å². The topological polar surface area (TPSA) is 246 Å². The van der Waals surface area contributed by atoms with Crippen LogP contribution in [0.4, 0.5) is 0 Å². The molecule has 5 atom stereocenters. The molecule has 6 amide bonds. The number of hydrogen-bond donors (Lipinski definition) is 2. The van der Waals surface area contributed by atoms with Gasteiger partial charge < -0.3 is 58.7 Å². The second-order valence-corrected chi connectivity index (χ2v) is 21.5. The van der Waals surface area contributed by atoms with Gasteiger partial charge in [0.15, 0.2) is 18.1 Å². The fraction of sp³-hybridized carbons (Fsp3) is 0.508. The van der Waals surface area contributed by atoms with E-state index in [0.29, 0.717) is 41.9 Å². The maximum absolute atomic E-state index is 14.6. The summed E-state index contributed by atoms with van der Waals surface area (Å²) in [7, 11) is 7.36. The van der Waals surface area contributed by atoms with Gasteiger partial charge in [0.2, 0.25) is 29.4 Å². The molecule has 21 heteroatoms. The Labute approximate surface area is 468 Å². The third-order valence-corrected chi connectivity index (χ3v) is 14.0. The van der Waals surface area contributed by atoms with Gasteiger partial charge in [-0.3, -0.25) is 33.6 Å². The third kappa shape index (κ3) is 17.6. The van der Waals surface area contributed by atoms with Crippen LogP contribution in [-0.4, -0.2) is 171 Å². The van der Waals surface area contributed by atoms with Crippen LogP contribution in [0.1, 0.15) is 102 Å². The SMILES string of the molecule is COc1ccc(CC[C@H]2OC(=O)[C@@H]3CCCCN3C(=O)C(=O)C(C)(C)COC(=O)/C=C\CCN(C)C(=O)CNC(=O)[C@H](COC(C)(C)C)N(C)C(=O)C(c3ccccc3)NC(=O)[C@H](C)N(C)C(=O)COc3cccc2c3)cc1OC. The Morgan fingerprint density at radius 1 is 0.762 bits per heavy atom. The van der Waals surface area contributed by atoms with Crippen LogP contribution in [0.5, 0.6) is 17.2 Å². The number of fused-ring (bicyclic) bond motifs is 3. The van der Waals surface area contributed by atoms with E-state index in [1.165, 1.54) is 76.9 Å². The molecule has 434 valence electrons. The normalized spacial score (nSPS) is 22.9. The molecule has 3 aromatic rings. The van der Waals surface area contributed by atoms with Crippen molar-refractivity contribution in [3.63, 3.8) is 0 Å². The molecule has 0 spiro atoms. The molecule has 80 heavy (non-hydrogen) atoms. The minimum Gasteiger partial charge on any atom is -0.493 e. The predicted molar refractivity (Wildman–Crippen MR) is 294 cm³/mol.